The minimum atomic E-state index is -0.810. The Kier molecular flexibility index (Phi) is 3.72. The fraction of sp³-hybridized carbons (Fsp3) is 0.417. The van der Waals surface area contributed by atoms with Crippen molar-refractivity contribution in [2.75, 3.05) is 5.32 Å². The average molecular weight is 207 g/mol. The van der Waals surface area contributed by atoms with Crippen molar-refractivity contribution >= 4 is 11.7 Å². The van der Waals surface area contributed by atoms with Crippen LogP contribution in [0.1, 0.15) is 24.5 Å². The normalized spacial score (nSPS) is 12.2. The number of rotatable bonds is 4. The third kappa shape index (κ3) is 2.98. The molecule has 0 bridgehead atoms. The summed E-state index contributed by atoms with van der Waals surface area (Å²) in [5.41, 5.74) is 3.25. The maximum Gasteiger partial charge on any atom is 0.326 e. The topological polar surface area (TPSA) is 49.3 Å². The molecule has 0 unspecified atom stereocenters. The van der Waals surface area contributed by atoms with Gasteiger partial charge in [-0.25, -0.2) is 4.79 Å². The van der Waals surface area contributed by atoms with Crippen LogP contribution in [-0.2, 0) is 4.79 Å². The van der Waals surface area contributed by atoms with E-state index in [4.69, 9.17) is 5.11 Å². The molecule has 3 heteroatoms. The minimum Gasteiger partial charge on any atom is -0.480 e. The van der Waals surface area contributed by atoms with Gasteiger partial charge < -0.3 is 10.4 Å². The summed E-state index contributed by atoms with van der Waals surface area (Å²) in [7, 11) is 0. The molecular formula is C12H17NO2. The van der Waals surface area contributed by atoms with Gasteiger partial charge in [0.25, 0.3) is 0 Å². The lowest BCUT2D eigenvalue weighted by Gasteiger charge is -2.14. The number of anilines is 1. The van der Waals surface area contributed by atoms with E-state index in [1.807, 2.05) is 39.0 Å². The molecule has 0 aliphatic rings. The second-order valence-electron chi connectivity index (χ2n) is 3.74. The largest absolute Gasteiger partial charge is 0.480 e. The van der Waals surface area contributed by atoms with Crippen molar-refractivity contribution in [2.24, 2.45) is 0 Å². The summed E-state index contributed by atoms with van der Waals surface area (Å²) >= 11 is 0. The van der Waals surface area contributed by atoms with Crippen LogP contribution in [0.15, 0.2) is 18.2 Å². The molecule has 0 radical (unpaired) electrons. The van der Waals surface area contributed by atoms with Crippen molar-refractivity contribution in [1.82, 2.24) is 0 Å². The lowest BCUT2D eigenvalue weighted by molar-refractivity contribution is -0.137. The zero-order chi connectivity index (χ0) is 11.4. The molecule has 0 heterocycles. The molecule has 3 nitrogen and oxygen atoms in total. The van der Waals surface area contributed by atoms with Gasteiger partial charge in [-0.1, -0.05) is 13.0 Å². The first-order valence-electron chi connectivity index (χ1n) is 5.11. The van der Waals surface area contributed by atoms with Gasteiger partial charge in [0.1, 0.15) is 6.04 Å². The number of carbonyl (C=O) groups is 1. The second kappa shape index (κ2) is 4.82. The quantitative estimate of drug-likeness (QED) is 0.797. The Morgan fingerprint density at radius 2 is 2.07 bits per heavy atom. The smallest absolute Gasteiger partial charge is 0.326 e. The molecule has 2 N–H and O–H groups in total. The third-order valence-electron chi connectivity index (χ3n) is 2.55. The van der Waals surface area contributed by atoms with E-state index in [-0.39, 0.29) is 0 Å². The minimum absolute atomic E-state index is 0.507. The van der Waals surface area contributed by atoms with Gasteiger partial charge in [0.05, 0.1) is 0 Å². The molecular weight excluding hydrogens is 190 g/mol. The predicted molar refractivity (Wildman–Crippen MR) is 61.3 cm³/mol. The Hall–Kier alpha value is -1.51. The second-order valence-corrected chi connectivity index (χ2v) is 3.74. The third-order valence-corrected chi connectivity index (χ3v) is 2.55. The van der Waals surface area contributed by atoms with E-state index in [0.717, 1.165) is 5.69 Å². The van der Waals surface area contributed by atoms with Gasteiger partial charge in [0, 0.05) is 5.69 Å². The molecule has 15 heavy (non-hydrogen) atoms. The van der Waals surface area contributed by atoms with Gasteiger partial charge in [-0.05, 0) is 43.5 Å². The summed E-state index contributed by atoms with van der Waals surface area (Å²) in [4.78, 5) is 10.8. The maximum atomic E-state index is 10.8. The van der Waals surface area contributed by atoms with E-state index in [9.17, 15) is 4.79 Å². The van der Waals surface area contributed by atoms with Gasteiger partial charge in [-0.2, -0.15) is 0 Å². The van der Waals surface area contributed by atoms with Crippen LogP contribution in [0.3, 0.4) is 0 Å². The van der Waals surface area contributed by atoms with Gasteiger partial charge in [-0.3, -0.25) is 0 Å². The molecule has 1 rings (SSSR count). The molecule has 0 saturated heterocycles. The number of carboxylic acids is 1. The van der Waals surface area contributed by atoms with Crippen LogP contribution in [0.25, 0.3) is 0 Å². The highest BCUT2D eigenvalue weighted by molar-refractivity contribution is 5.77. The van der Waals surface area contributed by atoms with Gasteiger partial charge in [0.2, 0.25) is 0 Å². The molecule has 0 aliphatic heterocycles. The number of nitrogens with one attached hydrogen (secondary N) is 1. The molecule has 0 aliphatic carbocycles. The van der Waals surface area contributed by atoms with E-state index in [2.05, 4.69) is 5.32 Å². The molecule has 0 fully saturated rings. The van der Waals surface area contributed by atoms with E-state index >= 15 is 0 Å². The Morgan fingerprint density at radius 1 is 1.40 bits per heavy atom. The SMILES string of the molecule is CC[C@@H](Nc1ccc(C)c(C)c1)C(=O)O. The monoisotopic (exact) mass is 207 g/mol. The molecule has 1 atom stereocenters. The zero-order valence-electron chi connectivity index (χ0n) is 9.37. The molecule has 0 amide bonds. The van der Waals surface area contributed by atoms with E-state index in [1.54, 1.807) is 0 Å². The first-order valence-corrected chi connectivity index (χ1v) is 5.11. The Morgan fingerprint density at radius 3 is 2.53 bits per heavy atom. The lowest BCUT2D eigenvalue weighted by Crippen LogP contribution is -2.28. The average Bonchev–Trinajstić information content (AvgIpc) is 2.19. The Labute approximate surface area is 90.1 Å². The van der Waals surface area contributed by atoms with Crippen molar-refractivity contribution in [3.05, 3.63) is 29.3 Å². The highest BCUT2D eigenvalue weighted by Gasteiger charge is 2.14. The molecule has 82 valence electrons. The van der Waals surface area contributed by atoms with Gasteiger partial charge >= 0.3 is 5.97 Å². The van der Waals surface area contributed by atoms with Crippen molar-refractivity contribution in [1.29, 1.82) is 0 Å². The maximum absolute atomic E-state index is 10.8. The van der Waals surface area contributed by atoms with Crippen molar-refractivity contribution in [3.8, 4) is 0 Å². The number of aryl methyl sites for hydroxylation is 2. The number of aliphatic carboxylic acids is 1. The zero-order valence-corrected chi connectivity index (χ0v) is 9.37. The fourth-order valence-corrected chi connectivity index (χ4v) is 1.37. The van der Waals surface area contributed by atoms with Crippen molar-refractivity contribution in [2.45, 2.75) is 33.2 Å². The molecule has 0 saturated carbocycles. The molecule has 1 aromatic rings. The molecule has 0 spiro atoms. The number of benzene rings is 1. The van der Waals surface area contributed by atoms with Gasteiger partial charge in [-0.15, -0.1) is 0 Å². The van der Waals surface area contributed by atoms with E-state index < -0.39 is 12.0 Å². The standard InChI is InChI=1S/C12H17NO2/c1-4-11(12(14)15)13-10-6-5-8(2)9(3)7-10/h5-7,11,13H,4H2,1-3H3,(H,14,15)/t11-/m1/s1. The Balaban J connectivity index is 2.80. The van der Waals surface area contributed by atoms with Crippen LogP contribution in [0, 0.1) is 13.8 Å². The highest BCUT2D eigenvalue weighted by Crippen LogP contribution is 2.15. The summed E-state index contributed by atoms with van der Waals surface area (Å²) in [6, 6.07) is 5.37. The fourth-order valence-electron chi connectivity index (χ4n) is 1.37. The molecule has 1 aromatic carbocycles. The summed E-state index contributed by atoms with van der Waals surface area (Å²) in [6.45, 7) is 5.91. The van der Waals surface area contributed by atoms with Crippen molar-refractivity contribution in [3.63, 3.8) is 0 Å². The summed E-state index contributed by atoms with van der Waals surface area (Å²) in [6.07, 6.45) is 0.572. The predicted octanol–water partition coefficient (Wildman–Crippen LogP) is 2.58. The lowest BCUT2D eigenvalue weighted by atomic mass is 10.1. The number of hydrogen-bond donors (Lipinski definition) is 2. The van der Waals surface area contributed by atoms with Gasteiger partial charge in [0.15, 0.2) is 0 Å². The highest BCUT2D eigenvalue weighted by atomic mass is 16.4. The molecule has 0 aromatic heterocycles. The van der Waals surface area contributed by atoms with Crippen LogP contribution < -0.4 is 5.32 Å². The van der Waals surface area contributed by atoms with Crippen LogP contribution in [0.2, 0.25) is 0 Å². The first kappa shape index (κ1) is 11.6. The van der Waals surface area contributed by atoms with Crippen LogP contribution in [-0.4, -0.2) is 17.1 Å². The first-order chi connectivity index (χ1) is 7.04. The van der Waals surface area contributed by atoms with Crippen LogP contribution in [0.4, 0.5) is 5.69 Å². The Bertz CT molecular complexity index is 361. The number of hydrogen-bond acceptors (Lipinski definition) is 2. The van der Waals surface area contributed by atoms with E-state index in [1.165, 1.54) is 11.1 Å². The van der Waals surface area contributed by atoms with Crippen molar-refractivity contribution < 1.29 is 9.90 Å². The summed E-state index contributed by atoms with van der Waals surface area (Å²) < 4.78 is 0. The number of carboxylic acid groups (broad SMARTS) is 1. The van der Waals surface area contributed by atoms with Crippen LogP contribution in [0.5, 0.6) is 0 Å². The van der Waals surface area contributed by atoms with E-state index in [0.29, 0.717) is 6.42 Å². The van der Waals surface area contributed by atoms with Crippen LogP contribution >= 0.6 is 0 Å². The summed E-state index contributed by atoms with van der Waals surface area (Å²) in [5.74, 6) is -0.810. The summed E-state index contributed by atoms with van der Waals surface area (Å²) in [5, 5.41) is 11.9.